The molecule has 2 amide bonds. The molecule has 1 saturated heterocycles. The Morgan fingerprint density at radius 3 is 3.00 bits per heavy atom. The zero-order valence-electron chi connectivity index (χ0n) is 9.74. The molecule has 1 aliphatic heterocycles. The number of rotatable bonds is 2. The SMILES string of the molecule is Cc1ccc(N2CCC(NC(N)=O)C2)cc1F. The van der Waals surface area contributed by atoms with Gasteiger partial charge in [-0.3, -0.25) is 0 Å². The number of carbonyl (C=O) groups excluding carboxylic acids is 1. The van der Waals surface area contributed by atoms with Crippen molar-refractivity contribution in [2.24, 2.45) is 5.73 Å². The van der Waals surface area contributed by atoms with Crippen molar-refractivity contribution in [3.8, 4) is 0 Å². The minimum atomic E-state index is -0.507. The molecule has 0 spiro atoms. The highest BCUT2D eigenvalue weighted by Gasteiger charge is 2.23. The number of nitrogens with one attached hydrogen (secondary N) is 1. The molecular formula is C12H16FN3O. The van der Waals surface area contributed by atoms with Gasteiger partial charge in [0.1, 0.15) is 5.82 Å². The van der Waals surface area contributed by atoms with Crippen LogP contribution in [0, 0.1) is 12.7 Å². The zero-order chi connectivity index (χ0) is 12.4. The van der Waals surface area contributed by atoms with E-state index in [4.69, 9.17) is 5.73 Å². The van der Waals surface area contributed by atoms with Gasteiger partial charge >= 0.3 is 6.03 Å². The van der Waals surface area contributed by atoms with Crippen molar-refractivity contribution in [1.29, 1.82) is 0 Å². The van der Waals surface area contributed by atoms with E-state index in [2.05, 4.69) is 5.32 Å². The molecule has 1 aliphatic rings. The fourth-order valence-electron chi connectivity index (χ4n) is 2.09. The lowest BCUT2D eigenvalue weighted by Gasteiger charge is -2.19. The molecule has 0 radical (unpaired) electrons. The maximum Gasteiger partial charge on any atom is 0.312 e. The Labute approximate surface area is 99.6 Å². The molecule has 1 fully saturated rings. The van der Waals surface area contributed by atoms with Gasteiger partial charge in [-0.2, -0.15) is 0 Å². The number of anilines is 1. The summed E-state index contributed by atoms with van der Waals surface area (Å²) in [5.74, 6) is -0.200. The molecule has 0 saturated carbocycles. The maximum absolute atomic E-state index is 13.4. The van der Waals surface area contributed by atoms with E-state index in [0.29, 0.717) is 12.1 Å². The summed E-state index contributed by atoms with van der Waals surface area (Å²) in [6.07, 6.45) is 0.832. The van der Waals surface area contributed by atoms with Crippen LogP contribution < -0.4 is 16.0 Å². The highest BCUT2D eigenvalue weighted by Crippen LogP contribution is 2.22. The Morgan fingerprint density at radius 2 is 2.35 bits per heavy atom. The van der Waals surface area contributed by atoms with E-state index < -0.39 is 6.03 Å². The predicted octanol–water partition coefficient (Wildman–Crippen LogP) is 1.38. The largest absolute Gasteiger partial charge is 0.369 e. The molecule has 92 valence electrons. The van der Waals surface area contributed by atoms with Crippen LogP contribution in [0.1, 0.15) is 12.0 Å². The predicted molar refractivity (Wildman–Crippen MR) is 64.5 cm³/mol. The van der Waals surface area contributed by atoms with Gasteiger partial charge in [0, 0.05) is 24.8 Å². The summed E-state index contributed by atoms with van der Waals surface area (Å²) in [7, 11) is 0. The molecule has 1 aromatic carbocycles. The second kappa shape index (κ2) is 4.61. The topological polar surface area (TPSA) is 58.4 Å². The van der Waals surface area contributed by atoms with Crippen LogP contribution >= 0.6 is 0 Å². The summed E-state index contributed by atoms with van der Waals surface area (Å²) in [5, 5.41) is 2.67. The maximum atomic E-state index is 13.4. The van der Waals surface area contributed by atoms with Crippen molar-refractivity contribution in [3.63, 3.8) is 0 Å². The molecule has 3 N–H and O–H groups in total. The van der Waals surface area contributed by atoms with Gasteiger partial charge in [-0.15, -0.1) is 0 Å². The normalized spacial score (nSPS) is 19.4. The van der Waals surface area contributed by atoms with Crippen molar-refractivity contribution >= 4 is 11.7 Å². The first-order valence-corrected chi connectivity index (χ1v) is 5.63. The molecule has 1 atom stereocenters. The molecule has 17 heavy (non-hydrogen) atoms. The van der Waals surface area contributed by atoms with Crippen LogP contribution in [-0.2, 0) is 0 Å². The van der Waals surface area contributed by atoms with Crippen molar-refractivity contribution in [2.75, 3.05) is 18.0 Å². The van der Waals surface area contributed by atoms with E-state index in [0.717, 1.165) is 18.7 Å². The Balaban J connectivity index is 2.04. The number of hydrogen-bond donors (Lipinski definition) is 2. The number of primary amides is 1. The number of amides is 2. The molecule has 4 nitrogen and oxygen atoms in total. The van der Waals surface area contributed by atoms with E-state index in [1.807, 2.05) is 11.0 Å². The monoisotopic (exact) mass is 237 g/mol. The third-order valence-electron chi connectivity index (χ3n) is 3.06. The van der Waals surface area contributed by atoms with Crippen molar-refractivity contribution in [1.82, 2.24) is 5.32 Å². The first kappa shape index (κ1) is 11.7. The van der Waals surface area contributed by atoms with Gasteiger partial charge in [-0.1, -0.05) is 6.07 Å². The number of hydrogen-bond acceptors (Lipinski definition) is 2. The van der Waals surface area contributed by atoms with Crippen molar-refractivity contribution in [3.05, 3.63) is 29.6 Å². The summed E-state index contributed by atoms with van der Waals surface area (Å²) in [4.78, 5) is 12.8. The number of nitrogens with zero attached hydrogens (tertiary/aromatic N) is 1. The quantitative estimate of drug-likeness (QED) is 0.816. The first-order chi connectivity index (χ1) is 8.06. The van der Waals surface area contributed by atoms with Crippen LogP contribution in [-0.4, -0.2) is 25.2 Å². The van der Waals surface area contributed by atoms with Crippen LogP contribution in [0.25, 0.3) is 0 Å². The van der Waals surface area contributed by atoms with E-state index in [1.165, 1.54) is 6.07 Å². The van der Waals surface area contributed by atoms with Crippen LogP contribution in [0.3, 0.4) is 0 Å². The minimum Gasteiger partial charge on any atom is -0.369 e. The number of aryl methyl sites for hydroxylation is 1. The summed E-state index contributed by atoms with van der Waals surface area (Å²) in [6.45, 7) is 3.21. The molecular weight excluding hydrogens is 221 g/mol. The van der Waals surface area contributed by atoms with E-state index in [1.54, 1.807) is 13.0 Å². The van der Waals surface area contributed by atoms with Crippen LogP contribution in [0.4, 0.5) is 14.9 Å². The highest BCUT2D eigenvalue weighted by molar-refractivity contribution is 5.72. The fraction of sp³-hybridized carbons (Fsp3) is 0.417. The highest BCUT2D eigenvalue weighted by atomic mass is 19.1. The number of urea groups is 1. The summed E-state index contributed by atoms with van der Waals surface area (Å²) in [5.41, 5.74) is 6.56. The second-order valence-electron chi connectivity index (χ2n) is 4.37. The lowest BCUT2D eigenvalue weighted by atomic mass is 10.2. The average molecular weight is 237 g/mol. The summed E-state index contributed by atoms with van der Waals surface area (Å²) in [6, 6.07) is 4.73. The summed E-state index contributed by atoms with van der Waals surface area (Å²) < 4.78 is 13.4. The Morgan fingerprint density at radius 1 is 1.59 bits per heavy atom. The minimum absolute atomic E-state index is 0.0527. The fourth-order valence-corrected chi connectivity index (χ4v) is 2.09. The van der Waals surface area contributed by atoms with Crippen LogP contribution in [0.2, 0.25) is 0 Å². The van der Waals surface area contributed by atoms with Crippen LogP contribution in [0.15, 0.2) is 18.2 Å². The van der Waals surface area contributed by atoms with Gasteiger partial charge < -0.3 is 16.0 Å². The second-order valence-corrected chi connectivity index (χ2v) is 4.37. The zero-order valence-corrected chi connectivity index (χ0v) is 9.74. The van der Waals surface area contributed by atoms with Gasteiger partial charge in [0.15, 0.2) is 0 Å². The average Bonchev–Trinajstić information content (AvgIpc) is 2.69. The van der Waals surface area contributed by atoms with E-state index in [-0.39, 0.29) is 11.9 Å². The molecule has 0 aromatic heterocycles. The Bertz CT molecular complexity index is 436. The number of halogens is 1. The van der Waals surface area contributed by atoms with Gasteiger partial charge in [0.2, 0.25) is 0 Å². The Hall–Kier alpha value is -1.78. The summed E-state index contributed by atoms with van der Waals surface area (Å²) >= 11 is 0. The van der Waals surface area contributed by atoms with E-state index in [9.17, 15) is 9.18 Å². The van der Waals surface area contributed by atoms with Crippen LogP contribution in [0.5, 0.6) is 0 Å². The molecule has 1 heterocycles. The first-order valence-electron chi connectivity index (χ1n) is 5.63. The van der Waals surface area contributed by atoms with E-state index >= 15 is 0 Å². The van der Waals surface area contributed by atoms with Gasteiger partial charge in [-0.05, 0) is 31.0 Å². The molecule has 2 rings (SSSR count). The number of carbonyl (C=O) groups is 1. The molecule has 5 heteroatoms. The lowest BCUT2D eigenvalue weighted by molar-refractivity contribution is 0.246. The number of benzene rings is 1. The van der Waals surface area contributed by atoms with Crippen molar-refractivity contribution < 1.29 is 9.18 Å². The molecule has 0 aliphatic carbocycles. The third kappa shape index (κ3) is 2.67. The van der Waals surface area contributed by atoms with Crippen molar-refractivity contribution in [2.45, 2.75) is 19.4 Å². The number of nitrogens with two attached hydrogens (primary N) is 1. The van der Waals surface area contributed by atoms with Gasteiger partial charge in [0.25, 0.3) is 0 Å². The third-order valence-corrected chi connectivity index (χ3v) is 3.06. The molecule has 1 unspecified atom stereocenters. The van der Waals surface area contributed by atoms with Gasteiger partial charge in [0.05, 0.1) is 0 Å². The Kier molecular flexibility index (Phi) is 3.17. The smallest absolute Gasteiger partial charge is 0.312 e. The lowest BCUT2D eigenvalue weighted by Crippen LogP contribution is -2.40. The standard InChI is InChI=1S/C12H16FN3O/c1-8-2-3-10(6-11(8)13)16-5-4-9(7-16)15-12(14)17/h2-3,6,9H,4-5,7H2,1H3,(H3,14,15,17). The van der Waals surface area contributed by atoms with Gasteiger partial charge in [-0.25, -0.2) is 9.18 Å². The molecule has 1 aromatic rings. The molecule has 0 bridgehead atoms.